The van der Waals surface area contributed by atoms with E-state index in [2.05, 4.69) is 20.7 Å². The molecule has 1 aliphatic rings. The molecule has 0 saturated heterocycles. The van der Waals surface area contributed by atoms with Gasteiger partial charge in [0.25, 0.3) is 11.6 Å². The minimum Gasteiger partial charge on any atom is -0.384 e. The van der Waals surface area contributed by atoms with Crippen LogP contribution in [0, 0.1) is 16.0 Å². The number of hydrogen-bond donors (Lipinski definition) is 2. The molecule has 2 N–H and O–H groups in total. The minimum absolute atomic E-state index is 0.0472. The Labute approximate surface area is 173 Å². The highest BCUT2D eigenvalue weighted by atomic mass is 16.6. The number of aryl methyl sites for hydroxylation is 1. The van der Waals surface area contributed by atoms with Crippen LogP contribution in [0.3, 0.4) is 0 Å². The summed E-state index contributed by atoms with van der Waals surface area (Å²) >= 11 is 0. The number of hydrogen-bond acceptors (Lipinski definition) is 6. The van der Waals surface area contributed by atoms with Crippen LogP contribution in [-0.2, 0) is 13.0 Å². The third kappa shape index (κ3) is 3.83. The summed E-state index contributed by atoms with van der Waals surface area (Å²) in [7, 11) is 0. The predicted octanol–water partition coefficient (Wildman–Crippen LogP) is 3.15. The molecular formula is C21H24N6O3. The van der Waals surface area contributed by atoms with Crippen LogP contribution < -0.4 is 10.6 Å². The van der Waals surface area contributed by atoms with Gasteiger partial charge in [-0.25, -0.2) is 0 Å². The average Bonchev–Trinajstić information content (AvgIpc) is 3.14. The third-order valence-electron chi connectivity index (χ3n) is 5.42. The number of nitrogens with zero attached hydrogens (tertiary/aromatic N) is 4. The molecule has 0 fully saturated rings. The van der Waals surface area contributed by atoms with Gasteiger partial charge in [-0.3, -0.25) is 24.6 Å². The summed E-state index contributed by atoms with van der Waals surface area (Å²) in [4.78, 5) is 27.4. The van der Waals surface area contributed by atoms with Gasteiger partial charge < -0.3 is 10.6 Å². The Morgan fingerprint density at radius 2 is 2.13 bits per heavy atom. The lowest BCUT2D eigenvalue weighted by molar-refractivity contribution is -0.383. The van der Waals surface area contributed by atoms with Gasteiger partial charge in [-0.05, 0) is 44.7 Å². The van der Waals surface area contributed by atoms with E-state index in [1.54, 1.807) is 24.5 Å². The van der Waals surface area contributed by atoms with Crippen molar-refractivity contribution in [3.05, 3.63) is 58.2 Å². The number of anilines is 1. The van der Waals surface area contributed by atoms with Gasteiger partial charge in [0.2, 0.25) is 0 Å². The quantitative estimate of drug-likeness (QED) is 0.478. The number of benzene rings is 1. The van der Waals surface area contributed by atoms with Crippen LogP contribution in [0.1, 0.15) is 36.3 Å². The molecule has 3 aromatic rings. The number of non-ortho nitro benzene ring substituents is 1. The first kappa shape index (κ1) is 19.8. The molecule has 1 amide bonds. The van der Waals surface area contributed by atoms with Crippen LogP contribution in [0.15, 0.2) is 36.8 Å². The lowest BCUT2D eigenvalue weighted by atomic mass is 9.94. The van der Waals surface area contributed by atoms with Crippen LogP contribution in [0.4, 0.5) is 11.4 Å². The monoisotopic (exact) mass is 408 g/mol. The van der Waals surface area contributed by atoms with Crippen LogP contribution in [0.5, 0.6) is 0 Å². The van der Waals surface area contributed by atoms with Crippen molar-refractivity contribution in [3.8, 4) is 0 Å². The van der Waals surface area contributed by atoms with Crippen LogP contribution in [0.25, 0.3) is 10.8 Å². The van der Waals surface area contributed by atoms with E-state index < -0.39 is 0 Å². The zero-order valence-electron chi connectivity index (χ0n) is 17.0. The fourth-order valence-electron chi connectivity index (χ4n) is 3.95. The molecule has 0 radical (unpaired) electrons. The summed E-state index contributed by atoms with van der Waals surface area (Å²) in [5.74, 6) is 0.237. The molecule has 0 aliphatic carbocycles. The van der Waals surface area contributed by atoms with Gasteiger partial charge in [-0.15, -0.1) is 0 Å². The number of pyridine rings is 1. The molecule has 1 atom stereocenters. The van der Waals surface area contributed by atoms with Gasteiger partial charge in [0, 0.05) is 48.7 Å². The average molecular weight is 408 g/mol. The molecule has 1 aliphatic heterocycles. The Balaban J connectivity index is 1.50. The van der Waals surface area contributed by atoms with E-state index >= 15 is 0 Å². The Kier molecular flexibility index (Phi) is 5.35. The van der Waals surface area contributed by atoms with Gasteiger partial charge in [-0.2, -0.15) is 5.10 Å². The highest BCUT2D eigenvalue weighted by molar-refractivity contribution is 5.99. The van der Waals surface area contributed by atoms with Crippen molar-refractivity contribution in [1.82, 2.24) is 20.1 Å². The maximum atomic E-state index is 12.5. The van der Waals surface area contributed by atoms with Gasteiger partial charge in [-0.1, -0.05) is 0 Å². The van der Waals surface area contributed by atoms with Crippen molar-refractivity contribution >= 4 is 28.1 Å². The molecule has 0 spiro atoms. The Morgan fingerprint density at radius 3 is 2.90 bits per heavy atom. The number of rotatable bonds is 6. The molecule has 3 heterocycles. The SMILES string of the molecule is CC(C)NC(=O)c1cnn2c1C[C@H](CNc1ccc([N+](=O)[O-])c3cnccc13)CC2. The normalized spacial score (nSPS) is 15.8. The highest BCUT2D eigenvalue weighted by Gasteiger charge is 2.25. The molecule has 0 saturated carbocycles. The van der Waals surface area contributed by atoms with Crippen molar-refractivity contribution < 1.29 is 9.72 Å². The first-order valence-corrected chi connectivity index (χ1v) is 10.0. The van der Waals surface area contributed by atoms with Crippen molar-refractivity contribution in [2.45, 2.75) is 39.3 Å². The number of amides is 1. The lowest BCUT2D eigenvalue weighted by Gasteiger charge is -2.25. The van der Waals surface area contributed by atoms with Crippen LogP contribution in [0.2, 0.25) is 0 Å². The van der Waals surface area contributed by atoms with Crippen molar-refractivity contribution in [3.63, 3.8) is 0 Å². The number of nitro benzene ring substituents is 1. The summed E-state index contributed by atoms with van der Waals surface area (Å²) in [6.45, 7) is 5.34. The minimum atomic E-state index is -0.389. The van der Waals surface area contributed by atoms with E-state index in [1.807, 2.05) is 18.5 Å². The second kappa shape index (κ2) is 8.10. The first-order valence-electron chi connectivity index (χ1n) is 10.0. The maximum Gasteiger partial charge on any atom is 0.278 e. The number of carbonyl (C=O) groups excluding carboxylic acids is 1. The van der Waals surface area contributed by atoms with Gasteiger partial charge in [0.1, 0.15) is 0 Å². The van der Waals surface area contributed by atoms with Gasteiger partial charge in [0.15, 0.2) is 0 Å². The molecule has 30 heavy (non-hydrogen) atoms. The summed E-state index contributed by atoms with van der Waals surface area (Å²) in [5.41, 5.74) is 2.49. The maximum absolute atomic E-state index is 12.5. The van der Waals surface area contributed by atoms with Gasteiger partial charge in [0.05, 0.1) is 27.8 Å². The number of carbonyl (C=O) groups is 1. The number of fused-ring (bicyclic) bond motifs is 2. The third-order valence-corrected chi connectivity index (χ3v) is 5.42. The van der Waals surface area contributed by atoms with Crippen LogP contribution >= 0.6 is 0 Å². The first-order chi connectivity index (χ1) is 14.4. The molecule has 156 valence electrons. The van der Waals surface area contributed by atoms with E-state index in [0.29, 0.717) is 23.4 Å². The molecule has 0 bridgehead atoms. The molecule has 1 aromatic carbocycles. The van der Waals surface area contributed by atoms with Gasteiger partial charge >= 0.3 is 0 Å². The van der Waals surface area contributed by atoms with E-state index in [9.17, 15) is 14.9 Å². The lowest BCUT2D eigenvalue weighted by Crippen LogP contribution is -2.32. The van der Waals surface area contributed by atoms with Crippen LogP contribution in [-0.4, -0.2) is 38.2 Å². The highest BCUT2D eigenvalue weighted by Crippen LogP contribution is 2.31. The predicted molar refractivity (Wildman–Crippen MR) is 114 cm³/mol. The molecule has 0 unspecified atom stereocenters. The van der Waals surface area contributed by atoms with Crippen molar-refractivity contribution in [2.75, 3.05) is 11.9 Å². The standard InChI is InChI=1S/C21H24N6O3/c1-13(2)25-21(28)17-12-24-26-8-6-14(9-20(17)26)10-23-18-3-4-19(27(29)30)16-11-22-7-5-15(16)18/h3-5,7,11-14,23H,6,8-10H2,1-2H3,(H,25,28)/t14-/m1/s1. The number of nitrogens with one attached hydrogen (secondary N) is 2. The zero-order valence-corrected chi connectivity index (χ0v) is 17.0. The summed E-state index contributed by atoms with van der Waals surface area (Å²) < 4.78 is 1.92. The molecular weight excluding hydrogens is 384 g/mol. The second-order valence-corrected chi connectivity index (χ2v) is 7.91. The summed E-state index contributed by atoms with van der Waals surface area (Å²) in [6, 6.07) is 5.11. The van der Waals surface area contributed by atoms with E-state index in [4.69, 9.17) is 0 Å². The Hall–Kier alpha value is -3.49. The smallest absolute Gasteiger partial charge is 0.278 e. The molecule has 2 aromatic heterocycles. The fraction of sp³-hybridized carbons (Fsp3) is 0.381. The van der Waals surface area contributed by atoms with E-state index in [-0.39, 0.29) is 22.6 Å². The summed E-state index contributed by atoms with van der Waals surface area (Å²) in [6.07, 6.45) is 6.51. The molecule has 9 nitrogen and oxygen atoms in total. The van der Waals surface area contributed by atoms with E-state index in [0.717, 1.165) is 36.2 Å². The zero-order chi connectivity index (χ0) is 21.3. The number of nitro groups is 1. The topological polar surface area (TPSA) is 115 Å². The van der Waals surface area contributed by atoms with E-state index in [1.165, 1.54) is 12.3 Å². The number of aromatic nitrogens is 3. The molecule has 4 rings (SSSR count). The summed E-state index contributed by atoms with van der Waals surface area (Å²) in [5, 5.41) is 23.3. The Bertz CT molecular complexity index is 1110. The van der Waals surface area contributed by atoms with Crippen molar-refractivity contribution in [1.29, 1.82) is 0 Å². The largest absolute Gasteiger partial charge is 0.384 e. The fourth-order valence-corrected chi connectivity index (χ4v) is 3.95. The second-order valence-electron chi connectivity index (χ2n) is 7.91. The van der Waals surface area contributed by atoms with Crippen molar-refractivity contribution in [2.24, 2.45) is 5.92 Å². The Morgan fingerprint density at radius 1 is 1.30 bits per heavy atom. The molecule has 9 heteroatoms.